The van der Waals surface area contributed by atoms with Crippen molar-refractivity contribution in [3.8, 4) is 55.9 Å². The van der Waals surface area contributed by atoms with E-state index in [0.717, 1.165) is 44.5 Å². The van der Waals surface area contributed by atoms with E-state index in [4.69, 9.17) is 4.42 Å². The largest absolute Gasteiger partial charge is 0.454 e. The first kappa shape index (κ1) is 38.6. The van der Waals surface area contributed by atoms with Crippen molar-refractivity contribution in [2.45, 2.75) is 0 Å². The molecule has 0 fully saturated rings. The van der Waals surface area contributed by atoms with Gasteiger partial charge in [0.25, 0.3) is 0 Å². The Bertz CT molecular complexity index is 4500. The number of benzene rings is 11. The summed E-state index contributed by atoms with van der Waals surface area (Å²) in [5.41, 5.74) is 23.1. The smallest absolute Gasteiger partial charge is 0.333 e. The first-order valence-electron chi connectivity index (χ1n) is 24.5. The molecule has 14 aromatic rings. The van der Waals surface area contributed by atoms with Crippen molar-refractivity contribution in [2.24, 2.45) is 0 Å². The van der Waals surface area contributed by atoms with Crippen LogP contribution in [0.5, 0.6) is 0 Å². The number of hydrogen-bond acceptors (Lipinski definition) is 2. The maximum absolute atomic E-state index is 7.20. The van der Waals surface area contributed by atoms with Crippen molar-refractivity contribution in [2.75, 3.05) is 4.81 Å². The lowest BCUT2D eigenvalue weighted by Gasteiger charge is -2.42. The van der Waals surface area contributed by atoms with Gasteiger partial charge in [-0.05, 0) is 117 Å². The number of furan rings is 1. The fourth-order valence-electron chi connectivity index (χ4n) is 12.4. The Kier molecular flexibility index (Phi) is 7.94. The van der Waals surface area contributed by atoms with E-state index in [1.165, 1.54) is 99.2 Å². The molecule has 11 aromatic carbocycles. The van der Waals surface area contributed by atoms with E-state index in [0.29, 0.717) is 0 Å². The summed E-state index contributed by atoms with van der Waals surface area (Å²) in [6, 6.07) is 89.3. The molecule has 16 rings (SSSR count). The predicted octanol–water partition coefficient (Wildman–Crippen LogP) is 16.0. The molecule has 328 valence electrons. The summed E-state index contributed by atoms with van der Waals surface area (Å²) >= 11 is 0. The lowest BCUT2D eigenvalue weighted by molar-refractivity contribution is 0.667. The van der Waals surface area contributed by atoms with Gasteiger partial charge in [-0.15, -0.1) is 0 Å². The van der Waals surface area contributed by atoms with Crippen molar-refractivity contribution in [3.63, 3.8) is 0 Å². The molecule has 0 atom stereocenters. The highest BCUT2D eigenvalue weighted by molar-refractivity contribution is 6.94. The van der Waals surface area contributed by atoms with Crippen molar-refractivity contribution >= 4 is 94.7 Å². The number of nitrogens with zero attached hydrogens (tertiary/aromatic N) is 3. The van der Waals surface area contributed by atoms with Crippen molar-refractivity contribution < 1.29 is 4.42 Å². The predicted molar refractivity (Wildman–Crippen MR) is 298 cm³/mol. The molecule has 4 nitrogen and oxygen atoms in total. The fourth-order valence-corrected chi connectivity index (χ4v) is 12.4. The zero-order valence-electron chi connectivity index (χ0n) is 38.4. The van der Waals surface area contributed by atoms with Crippen LogP contribution in [0.3, 0.4) is 0 Å². The number of fused-ring (bicyclic) bond motifs is 15. The van der Waals surface area contributed by atoms with Gasteiger partial charge >= 0.3 is 6.85 Å². The molecule has 0 N–H and O–H groups in total. The Morgan fingerprint density at radius 1 is 0.338 bits per heavy atom. The van der Waals surface area contributed by atoms with E-state index in [1.54, 1.807) is 0 Å². The molecule has 0 bridgehead atoms. The van der Waals surface area contributed by atoms with E-state index in [1.807, 2.05) is 0 Å². The summed E-state index contributed by atoms with van der Waals surface area (Å²) < 4.78 is 12.2. The Morgan fingerprint density at radius 2 is 0.915 bits per heavy atom. The average molecular weight is 902 g/mol. The second-order valence-electron chi connectivity index (χ2n) is 19.2. The SMILES string of the molecule is c1ccc(-c2ccc(N3B4c5c(cc6c(oc7ccccc76)c5-n5c6ccc(-c7ccccc7)cc6c6cc(-c7ccccc7)cc4c65)-c4ccc5c(c43)c3ccccc3n5-c3ccccc3)cc2)cc1. The van der Waals surface area contributed by atoms with Gasteiger partial charge in [0.1, 0.15) is 5.58 Å². The van der Waals surface area contributed by atoms with Crippen LogP contribution in [-0.2, 0) is 0 Å². The molecule has 0 unspecified atom stereocenters. The Balaban J connectivity index is 1.11. The molecule has 2 aliphatic rings. The minimum atomic E-state index is -0.256. The van der Waals surface area contributed by atoms with Gasteiger partial charge in [0.15, 0.2) is 5.58 Å². The molecule has 0 saturated carbocycles. The highest BCUT2D eigenvalue weighted by Crippen LogP contribution is 2.52. The van der Waals surface area contributed by atoms with Crippen LogP contribution in [0.2, 0.25) is 0 Å². The topological polar surface area (TPSA) is 26.2 Å². The van der Waals surface area contributed by atoms with Crippen LogP contribution >= 0.6 is 0 Å². The quantitative estimate of drug-likeness (QED) is 0.161. The molecule has 71 heavy (non-hydrogen) atoms. The van der Waals surface area contributed by atoms with Crippen LogP contribution < -0.4 is 15.7 Å². The molecule has 2 aliphatic heterocycles. The number of rotatable bonds is 5. The van der Waals surface area contributed by atoms with Crippen LogP contribution in [0.15, 0.2) is 247 Å². The van der Waals surface area contributed by atoms with Gasteiger partial charge in [-0.25, -0.2) is 0 Å². The van der Waals surface area contributed by atoms with Gasteiger partial charge in [-0.2, -0.15) is 0 Å². The monoisotopic (exact) mass is 901 g/mol. The van der Waals surface area contributed by atoms with E-state index >= 15 is 0 Å². The van der Waals surface area contributed by atoms with Crippen molar-refractivity contribution in [1.29, 1.82) is 0 Å². The summed E-state index contributed by atoms with van der Waals surface area (Å²) in [5, 5.41) is 7.11. The molecule has 5 heterocycles. The van der Waals surface area contributed by atoms with E-state index < -0.39 is 0 Å². The highest BCUT2D eigenvalue weighted by Gasteiger charge is 2.46. The standard InChI is InChI=1S/C66H40BN3O/c1-5-17-41(18-6-1)44-29-32-48(33-30-44)70-64-50(34-36-59-61(64)51-26-13-15-27-57(51)68(59)47-23-11-4-12-24-47)53-40-55-49-25-14-16-28-60(49)71-66(55)65-62(53)67(70)56-39-46(43-21-9-3-10-22-43)38-54-52-37-45(42-19-7-2-8-20-42)31-35-58(52)69(65)63(54)56/h1-40H. The van der Waals surface area contributed by atoms with Crippen LogP contribution in [0.25, 0.3) is 121 Å². The lowest BCUT2D eigenvalue weighted by atomic mass is 9.43. The van der Waals surface area contributed by atoms with Gasteiger partial charge in [-0.1, -0.05) is 176 Å². The lowest BCUT2D eigenvalue weighted by Crippen LogP contribution is -2.60. The maximum atomic E-state index is 7.20. The highest BCUT2D eigenvalue weighted by atomic mass is 16.3. The zero-order valence-corrected chi connectivity index (χ0v) is 38.4. The average Bonchev–Trinajstić information content (AvgIpc) is 4.11. The third kappa shape index (κ3) is 5.40. The Hall–Kier alpha value is -9.32. The first-order chi connectivity index (χ1) is 35.2. The van der Waals surface area contributed by atoms with Gasteiger partial charge < -0.3 is 18.4 Å². The normalized spacial score (nSPS) is 12.7. The fraction of sp³-hybridized carbons (Fsp3) is 0. The summed E-state index contributed by atoms with van der Waals surface area (Å²) in [6.45, 7) is -0.256. The molecular formula is C66H40BN3O. The van der Waals surface area contributed by atoms with Gasteiger partial charge in [0, 0.05) is 54.9 Å². The molecule has 0 radical (unpaired) electrons. The van der Waals surface area contributed by atoms with E-state index in [2.05, 4.69) is 257 Å². The van der Waals surface area contributed by atoms with E-state index in [9.17, 15) is 0 Å². The first-order valence-corrected chi connectivity index (χ1v) is 24.5. The third-order valence-electron chi connectivity index (χ3n) is 15.4. The van der Waals surface area contributed by atoms with Gasteiger partial charge in [0.05, 0.1) is 27.8 Å². The summed E-state index contributed by atoms with van der Waals surface area (Å²) in [7, 11) is 0. The van der Waals surface area contributed by atoms with Crippen LogP contribution in [0, 0.1) is 0 Å². The van der Waals surface area contributed by atoms with Crippen molar-refractivity contribution in [1.82, 2.24) is 9.13 Å². The minimum absolute atomic E-state index is 0.256. The summed E-state index contributed by atoms with van der Waals surface area (Å²) in [4.78, 5) is 2.69. The molecule has 0 spiro atoms. The van der Waals surface area contributed by atoms with Crippen LogP contribution in [0.4, 0.5) is 11.4 Å². The molecule has 3 aromatic heterocycles. The third-order valence-corrected chi connectivity index (χ3v) is 15.4. The number of hydrogen-bond donors (Lipinski definition) is 0. The molecular weight excluding hydrogens is 862 g/mol. The van der Waals surface area contributed by atoms with Crippen LogP contribution in [-0.4, -0.2) is 16.0 Å². The zero-order chi connectivity index (χ0) is 46.3. The van der Waals surface area contributed by atoms with Gasteiger partial charge in [-0.3, -0.25) is 0 Å². The number of anilines is 2. The van der Waals surface area contributed by atoms with Crippen molar-refractivity contribution in [3.05, 3.63) is 243 Å². The minimum Gasteiger partial charge on any atom is -0.454 e. The van der Waals surface area contributed by atoms with Crippen LogP contribution in [0.1, 0.15) is 0 Å². The molecule has 0 saturated heterocycles. The molecule has 5 heteroatoms. The van der Waals surface area contributed by atoms with Gasteiger partial charge in [0.2, 0.25) is 0 Å². The summed E-state index contributed by atoms with van der Waals surface area (Å²) in [5.74, 6) is 0. The summed E-state index contributed by atoms with van der Waals surface area (Å²) in [6.07, 6.45) is 0. The molecule has 0 amide bonds. The Morgan fingerprint density at radius 3 is 1.66 bits per heavy atom. The second-order valence-corrected chi connectivity index (χ2v) is 19.2. The number of para-hydroxylation sites is 3. The second kappa shape index (κ2) is 14.6. The Labute approximate surface area is 409 Å². The number of aromatic nitrogens is 2. The maximum Gasteiger partial charge on any atom is 0.333 e. The molecule has 0 aliphatic carbocycles. The van der Waals surface area contributed by atoms with E-state index in [-0.39, 0.29) is 6.85 Å².